The summed E-state index contributed by atoms with van der Waals surface area (Å²) in [5, 5.41) is 0. The minimum atomic E-state index is -0.135. The number of ether oxygens (including phenoxy) is 2. The van der Waals surface area contributed by atoms with Crippen LogP contribution in [0.1, 0.15) is 17.3 Å². The van der Waals surface area contributed by atoms with Crippen molar-refractivity contribution in [3.63, 3.8) is 0 Å². The van der Waals surface area contributed by atoms with Gasteiger partial charge in [0.2, 0.25) is 0 Å². The molecule has 0 aromatic heterocycles. The molecule has 0 saturated carbocycles. The van der Waals surface area contributed by atoms with Gasteiger partial charge in [-0.2, -0.15) is 0 Å². The third-order valence-electron chi connectivity index (χ3n) is 2.02. The van der Waals surface area contributed by atoms with Crippen molar-refractivity contribution < 1.29 is 14.3 Å². The zero-order valence-electron chi connectivity index (χ0n) is 9.25. The number of carbonyl (C=O) groups is 1. The number of hydrogen-bond acceptors (Lipinski definition) is 4. The number of Topliss-reactive ketones (excluding diaryl/α,β-unsaturated/α-hetero) is 1. The average Bonchev–Trinajstić information content (AvgIpc) is 2.28. The Kier molecular flexibility index (Phi) is 4.76. The molecule has 4 nitrogen and oxygen atoms in total. The van der Waals surface area contributed by atoms with Crippen molar-refractivity contribution in [1.82, 2.24) is 0 Å². The molecule has 0 radical (unpaired) electrons. The first-order chi connectivity index (χ1) is 7.63. The predicted octanol–water partition coefficient (Wildman–Crippen LogP) is 2.00. The van der Waals surface area contributed by atoms with Gasteiger partial charge < -0.3 is 15.2 Å². The molecule has 1 aromatic carbocycles. The van der Waals surface area contributed by atoms with Crippen LogP contribution in [0.5, 0.6) is 11.5 Å². The summed E-state index contributed by atoms with van der Waals surface area (Å²) in [7, 11) is 1.55. The lowest BCUT2D eigenvalue weighted by Crippen LogP contribution is -2.14. The molecule has 5 heteroatoms. The third kappa shape index (κ3) is 2.74. The number of nitrogens with two attached hydrogens (primary N) is 1. The molecule has 0 aliphatic heterocycles. The highest BCUT2D eigenvalue weighted by molar-refractivity contribution is 9.10. The van der Waals surface area contributed by atoms with Gasteiger partial charge in [-0.3, -0.25) is 4.79 Å². The number of halogens is 1. The number of benzene rings is 1. The molecule has 0 spiro atoms. The van der Waals surface area contributed by atoms with Crippen molar-refractivity contribution in [1.29, 1.82) is 0 Å². The average molecular weight is 288 g/mol. The number of hydrogen-bond donors (Lipinski definition) is 1. The molecule has 0 aliphatic carbocycles. The summed E-state index contributed by atoms with van der Waals surface area (Å²) in [6, 6.07) is 3.32. The molecule has 0 saturated heterocycles. The largest absolute Gasteiger partial charge is 0.492 e. The SMILES string of the molecule is CCOc1cc(C(=O)CN)cc(Br)c1OC. The zero-order chi connectivity index (χ0) is 12.1. The van der Waals surface area contributed by atoms with Gasteiger partial charge >= 0.3 is 0 Å². The lowest BCUT2D eigenvalue weighted by Gasteiger charge is -2.12. The topological polar surface area (TPSA) is 61.5 Å². The Balaban J connectivity index is 3.22. The standard InChI is InChI=1S/C11H14BrNO3/c1-3-16-10-5-7(9(14)6-13)4-8(12)11(10)15-2/h4-5H,3,6,13H2,1-2H3. The number of rotatable bonds is 5. The van der Waals surface area contributed by atoms with Crippen molar-refractivity contribution in [2.75, 3.05) is 20.3 Å². The summed E-state index contributed by atoms with van der Waals surface area (Å²) in [4.78, 5) is 11.5. The highest BCUT2D eigenvalue weighted by Gasteiger charge is 2.14. The highest BCUT2D eigenvalue weighted by Crippen LogP contribution is 2.36. The highest BCUT2D eigenvalue weighted by atomic mass is 79.9. The maximum absolute atomic E-state index is 11.5. The van der Waals surface area contributed by atoms with Crippen LogP contribution in [0.3, 0.4) is 0 Å². The van der Waals surface area contributed by atoms with E-state index in [4.69, 9.17) is 15.2 Å². The van der Waals surface area contributed by atoms with E-state index in [0.717, 1.165) is 0 Å². The fourth-order valence-electron chi connectivity index (χ4n) is 1.31. The fourth-order valence-corrected chi connectivity index (χ4v) is 1.91. The summed E-state index contributed by atoms with van der Waals surface area (Å²) < 4.78 is 11.3. The molecule has 1 aromatic rings. The Labute approximate surface area is 103 Å². The van der Waals surface area contributed by atoms with E-state index in [0.29, 0.717) is 28.1 Å². The lowest BCUT2D eigenvalue weighted by atomic mass is 10.1. The molecular weight excluding hydrogens is 274 g/mol. The molecule has 0 aliphatic rings. The number of carbonyl (C=O) groups excluding carboxylic acids is 1. The Bertz CT molecular complexity index is 393. The van der Waals surface area contributed by atoms with Crippen LogP contribution in [-0.2, 0) is 0 Å². The van der Waals surface area contributed by atoms with Crippen LogP contribution in [0.4, 0.5) is 0 Å². The van der Waals surface area contributed by atoms with Gasteiger partial charge in [0.25, 0.3) is 0 Å². The molecule has 16 heavy (non-hydrogen) atoms. The first-order valence-electron chi connectivity index (χ1n) is 4.87. The third-order valence-corrected chi connectivity index (χ3v) is 2.61. The van der Waals surface area contributed by atoms with E-state index < -0.39 is 0 Å². The Morgan fingerprint density at radius 1 is 1.50 bits per heavy atom. The first kappa shape index (κ1) is 13.0. The monoisotopic (exact) mass is 287 g/mol. The van der Waals surface area contributed by atoms with Crippen LogP contribution in [-0.4, -0.2) is 26.0 Å². The maximum Gasteiger partial charge on any atom is 0.176 e. The van der Waals surface area contributed by atoms with E-state index >= 15 is 0 Å². The van der Waals surface area contributed by atoms with Gasteiger partial charge in [-0.25, -0.2) is 0 Å². The summed E-state index contributed by atoms with van der Waals surface area (Å²) in [5.74, 6) is 0.982. The van der Waals surface area contributed by atoms with E-state index in [1.165, 1.54) is 0 Å². The van der Waals surface area contributed by atoms with E-state index in [-0.39, 0.29) is 12.3 Å². The summed E-state index contributed by atoms with van der Waals surface area (Å²) >= 11 is 3.33. The van der Waals surface area contributed by atoms with Gasteiger partial charge in [-0.1, -0.05) is 0 Å². The van der Waals surface area contributed by atoms with Gasteiger partial charge in [0.05, 0.1) is 24.7 Å². The van der Waals surface area contributed by atoms with Crippen molar-refractivity contribution in [3.05, 3.63) is 22.2 Å². The minimum Gasteiger partial charge on any atom is -0.492 e. The van der Waals surface area contributed by atoms with Gasteiger partial charge in [-0.15, -0.1) is 0 Å². The second-order valence-electron chi connectivity index (χ2n) is 3.05. The Morgan fingerprint density at radius 2 is 2.19 bits per heavy atom. The summed E-state index contributed by atoms with van der Waals surface area (Å²) in [5.41, 5.74) is 5.82. The normalized spacial score (nSPS) is 10.0. The summed E-state index contributed by atoms with van der Waals surface area (Å²) in [6.45, 7) is 2.35. The first-order valence-corrected chi connectivity index (χ1v) is 5.66. The van der Waals surface area contributed by atoms with E-state index in [9.17, 15) is 4.79 Å². The van der Waals surface area contributed by atoms with Crippen molar-refractivity contribution >= 4 is 21.7 Å². The molecular formula is C11H14BrNO3. The van der Waals surface area contributed by atoms with E-state index in [1.54, 1.807) is 19.2 Å². The Hall–Kier alpha value is -1.07. The lowest BCUT2D eigenvalue weighted by molar-refractivity contribution is 0.100. The van der Waals surface area contributed by atoms with E-state index in [1.807, 2.05) is 6.92 Å². The van der Waals surface area contributed by atoms with Crippen LogP contribution in [0.15, 0.2) is 16.6 Å². The molecule has 0 bridgehead atoms. The zero-order valence-corrected chi connectivity index (χ0v) is 10.8. The van der Waals surface area contributed by atoms with Crippen LogP contribution >= 0.6 is 15.9 Å². The second-order valence-corrected chi connectivity index (χ2v) is 3.90. The molecule has 0 heterocycles. The predicted molar refractivity (Wildman–Crippen MR) is 65.2 cm³/mol. The van der Waals surface area contributed by atoms with Crippen LogP contribution in [0.2, 0.25) is 0 Å². The molecule has 1 rings (SSSR count). The Morgan fingerprint density at radius 3 is 2.69 bits per heavy atom. The maximum atomic E-state index is 11.5. The van der Waals surface area contributed by atoms with Crippen molar-refractivity contribution in [2.45, 2.75) is 6.92 Å². The van der Waals surface area contributed by atoms with Crippen molar-refractivity contribution in [2.24, 2.45) is 5.73 Å². The quantitative estimate of drug-likeness (QED) is 0.842. The van der Waals surface area contributed by atoms with Crippen LogP contribution < -0.4 is 15.2 Å². The molecule has 2 N–H and O–H groups in total. The minimum absolute atomic E-state index is 0.0235. The van der Waals surface area contributed by atoms with Crippen LogP contribution in [0, 0.1) is 0 Å². The van der Waals surface area contributed by atoms with Gasteiger partial charge in [0.1, 0.15) is 0 Å². The smallest absolute Gasteiger partial charge is 0.176 e. The second kappa shape index (κ2) is 5.86. The molecule has 0 atom stereocenters. The van der Waals surface area contributed by atoms with Crippen LogP contribution in [0.25, 0.3) is 0 Å². The van der Waals surface area contributed by atoms with Gasteiger partial charge in [-0.05, 0) is 35.0 Å². The van der Waals surface area contributed by atoms with Gasteiger partial charge in [0.15, 0.2) is 17.3 Å². The summed E-state index contributed by atoms with van der Waals surface area (Å²) in [6.07, 6.45) is 0. The van der Waals surface area contributed by atoms with Gasteiger partial charge in [0, 0.05) is 5.56 Å². The molecule has 0 fully saturated rings. The van der Waals surface area contributed by atoms with E-state index in [2.05, 4.69) is 15.9 Å². The number of methoxy groups -OCH3 is 1. The molecule has 88 valence electrons. The molecule has 0 amide bonds. The molecule has 0 unspecified atom stereocenters. The fraction of sp³-hybridized carbons (Fsp3) is 0.364. The number of ketones is 1. The van der Waals surface area contributed by atoms with Crippen molar-refractivity contribution in [3.8, 4) is 11.5 Å².